The van der Waals surface area contributed by atoms with Crippen molar-refractivity contribution < 1.29 is 4.42 Å². The Morgan fingerprint density at radius 1 is 0.152 bits per heavy atom. The zero-order chi connectivity index (χ0) is 119. The summed E-state index contributed by atoms with van der Waals surface area (Å²) in [5.41, 5.74) is 3.36. The van der Waals surface area contributed by atoms with Gasteiger partial charge in [-0.2, -0.15) is 51.3 Å². The molecule has 11 heterocycles. The molecule has 0 aliphatic heterocycles. The van der Waals surface area contributed by atoms with E-state index < -0.39 is 0 Å². The number of H-pyrrole nitrogens is 4. The van der Waals surface area contributed by atoms with Crippen LogP contribution in [0.3, 0.4) is 0 Å². The molecular weight excluding hydrogens is 1740 g/mol. The molecule has 12 rings (SSSR count). The first-order valence-electron chi connectivity index (χ1n) is 53.9. The molecule has 0 spiro atoms. The molecule has 0 fully saturated rings. The molecule has 0 saturated heterocycles. The zero-order valence-corrected chi connectivity index (χ0v) is 107. The molecule has 11 aromatic heterocycles. The molecule has 29 heteroatoms. The maximum Gasteiger partial charge on any atom is 0.203 e. The van der Waals surface area contributed by atoms with Crippen molar-refractivity contribution in [2.45, 2.75) is 499 Å². The van der Waals surface area contributed by atoms with Gasteiger partial charge in [0.2, 0.25) is 12.8 Å². The van der Waals surface area contributed by atoms with E-state index in [1.807, 2.05) is 565 Å². The summed E-state index contributed by atoms with van der Waals surface area (Å²) >= 11 is 1.49. The number of nitrogens with zero attached hydrogens (tertiary/aromatic N) is 23. The summed E-state index contributed by atoms with van der Waals surface area (Å²) in [6.45, 7) is 144. The van der Waals surface area contributed by atoms with Crippen molar-refractivity contribution in [1.29, 1.82) is 0 Å². The summed E-state index contributed by atoms with van der Waals surface area (Å²) in [5, 5.41) is 57.5. The van der Waals surface area contributed by atoms with Crippen LogP contribution in [0.1, 0.15) is 499 Å². The number of pyridine rings is 1. The molecule has 28 nitrogen and oxygen atoms in total. The van der Waals surface area contributed by atoms with Gasteiger partial charge in [0.05, 0.1) is 24.8 Å². The Morgan fingerprint density at radius 2 is 0.370 bits per heavy atom. The average Bonchev–Trinajstić information content (AvgIpc) is 2.07. The topological polar surface area (TPSA) is 373 Å². The van der Waals surface area contributed by atoms with Crippen molar-refractivity contribution in [2.75, 3.05) is 0 Å². The second-order valence-corrected chi connectivity index (χ2v) is 10.1. The fraction of sp³-hybridized carbons (Fsp3) is 0.661. The molecule has 0 amide bonds. The molecular formula is C109H257N27OS. The number of hydrogen-bond donors (Lipinski definition) is 4. The molecule has 12 aromatic rings. The second kappa shape index (κ2) is 644. The van der Waals surface area contributed by atoms with Crippen LogP contribution in [0, 0.1) is 0 Å². The predicted octanol–water partition coefficient (Wildman–Crippen LogP) is 40.2. The van der Waals surface area contributed by atoms with Crippen LogP contribution in [0.15, 0.2) is 232 Å². The van der Waals surface area contributed by atoms with E-state index in [1.165, 1.54) is 68.4 Å². The van der Waals surface area contributed by atoms with Crippen molar-refractivity contribution >= 4 is 11.3 Å². The van der Waals surface area contributed by atoms with Crippen LogP contribution in [0.2, 0.25) is 0 Å². The number of hydrogen-bond acceptors (Lipinski definition) is 25. The van der Waals surface area contributed by atoms with Crippen molar-refractivity contribution in [3.8, 4) is 0 Å². The van der Waals surface area contributed by atoms with Gasteiger partial charge in [0.15, 0.2) is 6.33 Å². The number of benzene rings is 1. The minimum atomic E-state index is 1.26. The number of aromatic amines is 4. The van der Waals surface area contributed by atoms with E-state index >= 15 is 0 Å². The third-order valence-electron chi connectivity index (χ3n) is 4.90. The number of aromatic nitrogens is 27. The van der Waals surface area contributed by atoms with Gasteiger partial charge in [-0.05, 0) is 30.3 Å². The minimum Gasteiger partial charge on any atom is -0.431 e. The van der Waals surface area contributed by atoms with Crippen LogP contribution in [0.25, 0.3) is 0 Å². The van der Waals surface area contributed by atoms with Crippen LogP contribution in [0.5, 0.6) is 0 Å². The summed E-state index contributed by atoms with van der Waals surface area (Å²) in [5.74, 6) is 0. The van der Waals surface area contributed by atoms with Crippen molar-refractivity contribution in [3.05, 3.63) is 228 Å². The molecule has 0 bridgehead atoms. The summed E-state index contributed by atoms with van der Waals surface area (Å²) in [6, 6.07) is 23.1. The lowest BCUT2D eigenvalue weighted by atomic mass is 10.4. The Balaban J connectivity index is -0.0000000229. The summed E-state index contributed by atoms with van der Waals surface area (Å²) in [6.07, 6.45) is 35.7. The Bertz CT molecular complexity index is 1680. The fourth-order valence-corrected chi connectivity index (χ4v) is 2.84. The highest BCUT2D eigenvalue weighted by Crippen LogP contribution is 1.81. The third-order valence-corrected chi connectivity index (χ3v) is 5.33. The van der Waals surface area contributed by atoms with Crippen molar-refractivity contribution in [1.82, 2.24) is 137 Å². The van der Waals surface area contributed by atoms with Gasteiger partial charge in [-0.1, -0.05) is 546 Å². The van der Waals surface area contributed by atoms with Gasteiger partial charge >= 0.3 is 0 Å². The molecule has 138 heavy (non-hydrogen) atoms. The quantitative estimate of drug-likeness (QED) is 0.110. The van der Waals surface area contributed by atoms with Gasteiger partial charge in [-0.3, -0.25) is 20.1 Å². The van der Waals surface area contributed by atoms with Gasteiger partial charge in [0.25, 0.3) is 0 Å². The Labute approximate surface area is 874 Å². The van der Waals surface area contributed by atoms with Crippen LogP contribution in [-0.4, -0.2) is 137 Å². The average molecular weight is 1990 g/mol. The smallest absolute Gasteiger partial charge is 0.203 e. The maximum absolute atomic E-state index is 4.36. The summed E-state index contributed by atoms with van der Waals surface area (Å²) < 4.78 is 4.36. The van der Waals surface area contributed by atoms with Crippen LogP contribution in [-0.2, 0) is 0 Å². The molecule has 0 aliphatic carbocycles. The van der Waals surface area contributed by atoms with E-state index in [4.69, 9.17) is 0 Å². The fourth-order valence-electron chi connectivity index (χ4n) is 2.56. The first-order valence-corrected chi connectivity index (χ1v) is 54.9. The Hall–Kier alpha value is -10.2. The van der Waals surface area contributed by atoms with Crippen molar-refractivity contribution in [2.24, 2.45) is 0 Å². The molecule has 0 unspecified atom stereocenters. The van der Waals surface area contributed by atoms with Gasteiger partial charge in [-0.15, -0.1) is 41.9 Å². The molecule has 0 atom stereocenters. The molecule has 0 saturated carbocycles. The van der Waals surface area contributed by atoms with Crippen LogP contribution in [0.4, 0.5) is 0 Å². The highest BCUT2D eigenvalue weighted by Gasteiger charge is 1.65. The SMILES string of the molecule is CC.CC.CC.CC.CC.CC.CC.CC.CC.CC.CC.CC.CC.CC.CC.CC.CC.CC.CC.CC.CC.CC.CC.CC.CC.CC.CC.CC.CC.CC.CC.CC.CC.CC.CC.CC.c1ccccc1.c1ccncc1.c1ccnnc1.c1cn[nH]n1.c1cn[nH]n1.c1cnccn1.c1cncnc1.c1nc[nH]n1.c1ncncn1.c1nn[nH]n1.c1nnco1.c1nncs1. The lowest BCUT2D eigenvalue weighted by Gasteiger charge is -1.70. The van der Waals surface area contributed by atoms with Gasteiger partial charge in [-0.25, -0.2) is 29.9 Å². The van der Waals surface area contributed by atoms with Crippen LogP contribution < -0.4 is 0 Å². The van der Waals surface area contributed by atoms with Gasteiger partial charge in [0.1, 0.15) is 49.0 Å². The number of nitrogens with one attached hydrogen (secondary N) is 4. The highest BCUT2D eigenvalue weighted by atomic mass is 32.1. The van der Waals surface area contributed by atoms with E-state index in [0.29, 0.717) is 0 Å². The molecule has 1 aromatic carbocycles. The first-order chi connectivity index (χ1) is 69.0. The largest absolute Gasteiger partial charge is 0.431 e. The summed E-state index contributed by atoms with van der Waals surface area (Å²) in [4.78, 5) is 32.8. The molecule has 840 valence electrons. The lowest BCUT2D eigenvalue weighted by Crippen LogP contribution is -1.73. The van der Waals surface area contributed by atoms with E-state index in [1.54, 1.807) is 104 Å². The van der Waals surface area contributed by atoms with E-state index in [-0.39, 0.29) is 0 Å². The first kappa shape index (κ1) is 244. The summed E-state index contributed by atoms with van der Waals surface area (Å²) in [7, 11) is 0. The highest BCUT2D eigenvalue weighted by molar-refractivity contribution is 7.07. The Kier molecular flexibility index (Phi) is 1140. The number of tetrazole rings is 1. The molecule has 0 radical (unpaired) electrons. The van der Waals surface area contributed by atoms with Gasteiger partial charge < -0.3 is 4.42 Å². The monoisotopic (exact) mass is 1990 g/mol. The van der Waals surface area contributed by atoms with E-state index in [0.717, 1.165) is 0 Å². The number of rotatable bonds is 0. The van der Waals surface area contributed by atoms with Crippen LogP contribution >= 0.6 is 11.3 Å². The normalized spacial score (nSPS) is 5.39. The standard InChI is InChI=1S/C6H6.C5H5N.3C4H4N2.C3H3N3.3C2H3N3.C2H2N2O.C2H2N2S.36C2H6.CH2N4/c2*1-2-4-6-5-3-1;1-2-6-4-3-5-1;1-2-5-4-6-3-1;1-2-4-6-5-3-1;1-4-2-6-3-5-1;1-3-2-5-4-1;2*1-2-4-5-3-1;2*1-3-4-2-5-1;36*1-2;1-2-4-5-3-1/h1-6H;1-5H;3*1-4H;1-3H;3*1-2H,(H,3,4,5);2*1-2H;36*1-2H3;1H,(H,2,3,4,5). The minimum absolute atomic E-state index is 1.26. The molecule has 0 aliphatic rings. The van der Waals surface area contributed by atoms with Crippen molar-refractivity contribution in [3.63, 3.8) is 0 Å². The Morgan fingerprint density at radius 3 is 0.449 bits per heavy atom. The third kappa shape index (κ3) is 629. The lowest BCUT2D eigenvalue weighted by molar-refractivity contribution is 0.553. The second-order valence-electron chi connectivity index (χ2n) is 9.37. The van der Waals surface area contributed by atoms with Gasteiger partial charge in [0, 0.05) is 62.0 Å². The van der Waals surface area contributed by atoms with E-state index in [9.17, 15) is 0 Å². The van der Waals surface area contributed by atoms with E-state index in [2.05, 4.69) is 142 Å². The zero-order valence-electron chi connectivity index (χ0n) is 106. The predicted molar refractivity (Wildman–Crippen MR) is 643 cm³/mol. The maximum atomic E-state index is 4.36. The molecule has 4 N–H and O–H groups in total.